The van der Waals surface area contributed by atoms with Gasteiger partial charge in [-0.15, -0.1) is 0 Å². The van der Waals surface area contributed by atoms with Crippen LogP contribution in [-0.2, 0) is 18.4 Å². The summed E-state index contributed by atoms with van der Waals surface area (Å²) in [6.07, 6.45) is 0. The van der Waals surface area contributed by atoms with Crippen LogP contribution in [0.2, 0.25) is 0 Å². The van der Waals surface area contributed by atoms with Crippen LogP contribution in [0.1, 0.15) is 5.56 Å². The Bertz CT molecular complexity index is 181. The molecule has 0 heterocycles. The minimum atomic E-state index is 0.941. The fourth-order valence-corrected chi connectivity index (χ4v) is 1.20. The summed E-state index contributed by atoms with van der Waals surface area (Å²) in [5, 5.41) is 0. The van der Waals surface area contributed by atoms with Gasteiger partial charge in [0, 0.05) is 9.13 Å². The predicted octanol–water partition coefficient (Wildman–Crippen LogP) is 1.80. The van der Waals surface area contributed by atoms with Crippen molar-refractivity contribution in [3.05, 3.63) is 33.4 Å². The molecule has 0 radical (unpaired) electrons. The molecule has 0 nitrogen and oxygen atoms in total. The summed E-state index contributed by atoms with van der Waals surface area (Å²) in [5.74, 6) is 0.941. The highest BCUT2D eigenvalue weighted by Gasteiger charge is 1.89. The second-order valence-corrected chi connectivity index (χ2v) is 3.40. The molecule has 0 unspecified atom stereocenters. The maximum atomic E-state index is 3.42. The summed E-state index contributed by atoms with van der Waals surface area (Å²) in [6, 6.07) is 8.45. The van der Waals surface area contributed by atoms with Crippen LogP contribution in [0.25, 0.3) is 0 Å². The van der Waals surface area contributed by atoms with Crippen molar-refractivity contribution >= 4 is 35.2 Å². The molecule has 2 heteroatoms. The van der Waals surface area contributed by atoms with E-state index in [4.69, 9.17) is 0 Å². The minimum absolute atomic E-state index is 0.941. The molecule has 1 rings (SSSR count). The maximum absolute atomic E-state index is 3.42. The highest BCUT2D eigenvalue weighted by Crippen LogP contribution is 2.06. The van der Waals surface area contributed by atoms with Gasteiger partial charge >= 0.3 is 0 Å². The van der Waals surface area contributed by atoms with E-state index < -0.39 is 0 Å². The zero-order chi connectivity index (χ0) is 6.69. The van der Waals surface area contributed by atoms with Crippen LogP contribution >= 0.6 is 22.6 Å². The van der Waals surface area contributed by atoms with Gasteiger partial charge in [0.15, 0.2) is 0 Å². The average molecular weight is 251 g/mol. The van der Waals surface area contributed by atoms with Crippen LogP contribution in [0.5, 0.6) is 0 Å². The maximum Gasteiger partial charge on any atom is 0.128 e. The van der Waals surface area contributed by atoms with Gasteiger partial charge in [-0.1, -0.05) is 12.1 Å². The summed E-state index contributed by atoms with van der Waals surface area (Å²) in [5.41, 5.74) is 1.33. The van der Waals surface area contributed by atoms with E-state index in [1.54, 1.807) is 0 Å². The van der Waals surface area contributed by atoms with Crippen molar-refractivity contribution in [2.75, 3.05) is 0 Å². The van der Waals surface area contributed by atoms with Crippen LogP contribution in [0, 0.1) is 3.57 Å². The monoisotopic (exact) mass is 251 g/mol. The van der Waals surface area contributed by atoms with E-state index in [9.17, 15) is 0 Å². The fraction of sp³-hybridized carbons (Fsp3) is 0.143. The molecule has 0 saturated carbocycles. The van der Waals surface area contributed by atoms with Gasteiger partial charge < -0.3 is 0 Å². The van der Waals surface area contributed by atoms with E-state index in [2.05, 4.69) is 59.5 Å². The standard InChI is InChI=1S/C7H7IS/c8-7-3-1-6(5-9)2-4-7/h1-4,9H,5H2/p+1. The van der Waals surface area contributed by atoms with Crippen LogP contribution in [0.3, 0.4) is 0 Å². The van der Waals surface area contributed by atoms with Crippen molar-refractivity contribution in [3.63, 3.8) is 0 Å². The van der Waals surface area contributed by atoms with E-state index in [1.165, 1.54) is 9.13 Å². The van der Waals surface area contributed by atoms with E-state index >= 15 is 0 Å². The third-order valence-electron chi connectivity index (χ3n) is 1.12. The van der Waals surface area contributed by atoms with Crippen molar-refractivity contribution in [1.29, 1.82) is 0 Å². The Kier molecular flexibility index (Phi) is 2.85. The molecule has 0 aliphatic carbocycles. The zero-order valence-electron chi connectivity index (χ0n) is 4.89. The molecular weight excluding hydrogens is 243 g/mol. The highest BCUT2D eigenvalue weighted by molar-refractivity contribution is 14.1. The van der Waals surface area contributed by atoms with Gasteiger partial charge in [-0.05, 0) is 47.4 Å². The van der Waals surface area contributed by atoms with Crippen LogP contribution in [-0.4, -0.2) is 0 Å². The summed E-state index contributed by atoms with van der Waals surface area (Å²) in [7, 11) is 0. The Balaban J connectivity index is 2.88. The molecule has 0 spiro atoms. The Labute approximate surface area is 74.2 Å². The number of halogens is 1. The second kappa shape index (κ2) is 3.46. The molecule has 48 valence electrons. The Hall–Kier alpha value is 0.300. The van der Waals surface area contributed by atoms with Crippen molar-refractivity contribution in [2.24, 2.45) is 0 Å². The van der Waals surface area contributed by atoms with Crippen LogP contribution < -0.4 is 0 Å². The quantitative estimate of drug-likeness (QED) is 0.527. The Morgan fingerprint density at radius 3 is 2.22 bits per heavy atom. The number of benzene rings is 1. The summed E-state index contributed by atoms with van der Waals surface area (Å²) in [6.45, 7) is 0. The highest BCUT2D eigenvalue weighted by atomic mass is 127. The molecule has 0 atom stereocenters. The van der Waals surface area contributed by atoms with E-state index in [1.807, 2.05) is 0 Å². The minimum Gasteiger partial charge on any atom is -0.0533 e. The molecule has 0 bridgehead atoms. The lowest BCUT2D eigenvalue weighted by Crippen LogP contribution is -1.78. The second-order valence-electron chi connectivity index (χ2n) is 1.80. The molecule has 0 aromatic heterocycles. The average Bonchev–Trinajstić information content (AvgIpc) is 1.90. The van der Waals surface area contributed by atoms with Crippen LogP contribution in [0.4, 0.5) is 0 Å². The first-order valence-corrected chi connectivity index (χ1v) is 4.50. The van der Waals surface area contributed by atoms with Gasteiger partial charge in [0.25, 0.3) is 0 Å². The van der Waals surface area contributed by atoms with Gasteiger partial charge in [-0.25, -0.2) is 0 Å². The van der Waals surface area contributed by atoms with Crippen molar-refractivity contribution < 1.29 is 0 Å². The third kappa shape index (κ3) is 2.18. The summed E-state index contributed by atoms with van der Waals surface area (Å²) >= 11 is 5.72. The Morgan fingerprint density at radius 2 is 1.78 bits per heavy atom. The smallest absolute Gasteiger partial charge is 0.0533 e. The molecule has 0 aliphatic rings. The van der Waals surface area contributed by atoms with E-state index in [0.29, 0.717) is 0 Å². The van der Waals surface area contributed by atoms with Crippen molar-refractivity contribution in [3.8, 4) is 0 Å². The van der Waals surface area contributed by atoms with Crippen molar-refractivity contribution in [2.45, 2.75) is 5.75 Å². The van der Waals surface area contributed by atoms with Gasteiger partial charge in [0.2, 0.25) is 0 Å². The van der Waals surface area contributed by atoms with Gasteiger partial charge in [0.05, 0.1) is 0 Å². The Morgan fingerprint density at radius 1 is 1.22 bits per heavy atom. The van der Waals surface area contributed by atoms with Crippen LogP contribution in [0.15, 0.2) is 24.3 Å². The topological polar surface area (TPSA) is 0 Å². The normalized spacial score (nSPS) is 9.56. The number of hydrogen-bond acceptors (Lipinski definition) is 0. The molecule has 0 aliphatic heterocycles. The molecule has 0 fully saturated rings. The van der Waals surface area contributed by atoms with Gasteiger partial charge in [-0.3, -0.25) is 0 Å². The molecule has 0 N–H and O–H groups in total. The lowest BCUT2D eigenvalue weighted by Gasteiger charge is -1.90. The number of hydrogen-bond donors (Lipinski definition) is 0. The summed E-state index contributed by atoms with van der Waals surface area (Å²) in [4.78, 5) is 0. The molecule has 0 saturated heterocycles. The predicted molar refractivity (Wildman–Crippen MR) is 53.0 cm³/mol. The number of rotatable bonds is 1. The molecule has 1 aromatic rings. The lowest BCUT2D eigenvalue weighted by atomic mass is 10.2. The largest absolute Gasteiger partial charge is 0.128 e. The lowest BCUT2D eigenvalue weighted by molar-refractivity contribution is 1.41. The SMILES string of the molecule is [SH2+]Cc1ccc(I)cc1. The van der Waals surface area contributed by atoms with E-state index in [0.717, 1.165) is 5.75 Å². The fourth-order valence-electron chi connectivity index (χ4n) is 0.602. The first-order valence-electron chi connectivity index (χ1n) is 2.72. The zero-order valence-corrected chi connectivity index (χ0v) is 8.05. The third-order valence-corrected chi connectivity index (χ3v) is 2.24. The molecule has 0 amide bonds. The molecular formula is C7H8IS+. The van der Waals surface area contributed by atoms with Gasteiger partial charge in [0.1, 0.15) is 5.75 Å². The summed E-state index contributed by atoms with van der Waals surface area (Å²) < 4.78 is 1.29. The molecule has 9 heavy (non-hydrogen) atoms. The first-order chi connectivity index (χ1) is 4.33. The van der Waals surface area contributed by atoms with E-state index in [-0.39, 0.29) is 0 Å². The first kappa shape index (κ1) is 7.41. The van der Waals surface area contributed by atoms with Crippen molar-refractivity contribution in [1.82, 2.24) is 0 Å². The molecule has 1 aromatic carbocycles. The van der Waals surface area contributed by atoms with Gasteiger partial charge in [-0.2, -0.15) is 0 Å².